The molecule has 1 aromatic carbocycles. The SMILES string of the molecule is CCc1nc(-c2ccc(Cl)c(OC)c2)c(C)c(=O)[nH]1. The molecule has 19 heavy (non-hydrogen) atoms. The summed E-state index contributed by atoms with van der Waals surface area (Å²) in [6.45, 7) is 3.70. The van der Waals surface area contributed by atoms with Crippen LogP contribution in [0.1, 0.15) is 18.3 Å². The molecule has 0 aliphatic carbocycles. The Hall–Kier alpha value is -1.81. The summed E-state index contributed by atoms with van der Waals surface area (Å²) in [5, 5.41) is 0.532. The second kappa shape index (κ2) is 5.45. The Kier molecular flexibility index (Phi) is 3.90. The van der Waals surface area contributed by atoms with Crippen LogP contribution in [-0.2, 0) is 6.42 Å². The van der Waals surface area contributed by atoms with Gasteiger partial charge in [0, 0.05) is 17.5 Å². The minimum atomic E-state index is -0.115. The van der Waals surface area contributed by atoms with Gasteiger partial charge in [0.1, 0.15) is 11.6 Å². The largest absolute Gasteiger partial charge is 0.495 e. The molecule has 5 heteroatoms. The zero-order valence-corrected chi connectivity index (χ0v) is 11.8. The monoisotopic (exact) mass is 278 g/mol. The van der Waals surface area contributed by atoms with Gasteiger partial charge in [-0.05, 0) is 19.1 Å². The number of aryl methyl sites for hydroxylation is 1. The van der Waals surface area contributed by atoms with Crippen LogP contribution in [0.15, 0.2) is 23.0 Å². The van der Waals surface area contributed by atoms with Crippen molar-refractivity contribution in [3.63, 3.8) is 0 Å². The van der Waals surface area contributed by atoms with Crippen LogP contribution >= 0.6 is 11.6 Å². The van der Waals surface area contributed by atoms with Crippen LogP contribution in [0.25, 0.3) is 11.3 Å². The van der Waals surface area contributed by atoms with E-state index in [1.54, 1.807) is 26.2 Å². The smallest absolute Gasteiger partial charge is 0.254 e. The molecule has 0 fully saturated rings. The lowest BCUT2D eigenvalue weighted by Gasteiger charge is -2.09. The molecule has 1 heterocycles. The van der Waals surface area contributed by atoms with Gasteiger partial charge >= 0.3 is 0 Å². The van der Waals surface area contributed by atoms with Gasteiger partial charge in [-0.1, -0.05) is 24.6 Å². The molecule has 0 saturated carbocycles. The van der Waals surface area contributed by atoms with E-state index in [0.29, 0.717) is 34.3 Å². The summed E-state index contributed by atoms with van der Waals surface area (Å²) >= 11 is 6.00. The fourth-order valence-electron chi connectivity index (χ4n) is 1.83. The Morgan fingerprint density at radius 1 is 1.42 bits per heavy atom. The van der Waals surface area contributed by atoms with Crippen molar-refractivity contribution in [1.82, 2.24) is 9.97 Å². The molecular formula is C14H15ClN2O2. The van der Waals surface area contributed by atoms with Crippen molar-refractivity contribution in [3.05, 3.63) is 45.0 Å². The minimum Gasteiger partial charge on any atom is -0.495 e. The molecule has 1 N–H and O–H groups in total. The third kappa shape index (κ3) is 2.63. The summed E-state index contributed by atoms with van der Waals surface area (Å²) in [6, 6.07) is 5.36. The van der Waals surface area contributed by atoms with E-state index in [9.17, 15) is 4.79 Å². The van der Waals surface area contributed by atoms with Crippen molar-refractivity contribution in [1.29, 1.82) is 0 Å². The molecule has 0 amide bonds. The first-order valence-corrected chi connectivity index (χ1v) is 6.38. The number of halogens is 1. The van der Waals surface area contributed by atoms with E-state index in [-0.39, 0.29) is 5.56 Å². The number of benzene rings is 1. The molecule has 0 bridgehead atoms. The molecule has 2 rings (SSSR count). The van der Waals surface area contributed by atoms with Crippen molar-refractivity contribution in [3.8, 4) is 17.0 Å². The number of ether oxygens (including phenoxy) is 1. The fraction of sp³-hybridized carbons (Fsp3) is 0.286. The number of aromatic amines is 1. The van der Waals surface area contributed by atoms with Crippen LogP contribution in [-0.4, -0.2) is 17.1 Å². The maximum Gasteiger partial charge on any atom is 0.254 e. The Balaban J connectivity index is 2.64. The molecule has 4 nitrogen and oxygen atoms in total. The van der Waals surface area contributed by atoms with E-state index in [4.69, 9.17) is 16.3 Å². The Bertz CT molecular complexity index is 665. The highest BCUT2D eigenvalue weighted by molar-refractivity contribution is 6.32. The zero-order valence-electron chi connectivity index (χ0n) is 11.1. The number of rotatable bonds is 3. The average Bonchev–Trinajstić information content (AvgIpc) is 2.42. The molecule has 0 aliphatic rings. The van der Waals surface area contributed by atoms with Gasteiger partial charge in [0.2, 0.25) is 0 Å². The highest BCUT2D eigenvalue weighted by Gasteiger charge is 2.11. The third-order valence-corrected chi connectivity index (χ3v) is 3.27. The van der Waals surface area contributed by atoms with Crippen molar-refractivity contribution in [2.24, 2.45) is 0 Å². The van der Waals surface area contributed by atoms with Crippen LogP contribution in [0, 0.1) is 6.92 Å². The molecule has 0 radical (unpaired) electrons. The van der Waals surface area contributed by atoms with E-state index in [1.807, 2.05) is 13.0 Å². The van der Waals surface area contributed by atoms with E-state index in [2.05, 4.69) is 9.97 Å². The van der Waals surface area contributed by atoms with Gasteiger partial charge < -0.3 is 9.72 Å². The molecule has 100 valence electrons. The summed E-state index contributed by atoms with van der Waals surface area (Å²) in [4.78, 5) is 19.1. The lowest BCUT2D eigenvalue weighted by molar-refractivity contribution is 0.415. The molecule has 0 unspecified atom stereocenters. The first-order chi connectivity index (χ1) is 9.06. The number of methoxy groups -OCH3 is 1. The maximum atomic E-state index is 11.9. The predicted octanol–water partition coefficient (Wildman–Crippen LogP) is 2.97. The van der Waals surface area contributed by atoms with Crippen LogP contribution in [0.4, 0.5) is 0 Å². The van der Waals surface area contributed by atoms with Crippen LogP contribution in [0.2, 0.25) is 5.02 Å². The molecule has 0 spiro atoms. The number of nitrogens with one attached hydrogen (secondary N) is 1. The van der Waals surface area contributed by atoms with Crippen molar-refractivity contribution in [2.45, 2.75) is 20.3 Å². The Morgan fingerprint density at radius 3 is 2.79 bits per heavy atom. The molecule has 0 aliphatic heterocycles. The van der Waals surface area contributed by atoms with E-state index in [1.165, 1.54) is 0 Å². The summed E-state index contributed by atoms with van der Waals surface area (Å²) in [7, 11) is 1.56. The second-order valence-corrected chi connectivity index (χ2v) is 4.60. The first-order valence-electron chi connectivity index (χ1n) is 6.00. The Morgan fingerprint density at radius 2 is 2.16 bits per heavy atom. The van der Waals surface area contributed by atoms with Gasteiger partial charge in [-0.25, -0.2) is 4.98 Å². The van der Waals surface area contributed by atoms with Gasteiger partial charge in [0.15, 0.2) is 0 Å². The fourth-order valence-corrected chi connectivity index (χ4v) is 2.03. The summed E-state index contributed by atoms with van der Waals surface area (Å²) < 4.78 is 5.19. The van der Waals surface area contributed by atoms with Gasteiger partial charge in [0.05, 0.1) is 17.8 Å². The van der Waals surface area contributed by atoms with Gasteiger partial charge in [-0.3, -0.25) is 4.79 Å². The Labute approximate surface area is 116 Å². The highest BCUT2D eigenvalue weighted by atomic mass is 35.5. The lowest BCUT2D eigenvalue weighted by atomic mass is 10.1. The van der Waals surface area contributed by atoms with Crippen molar-refractivity contribution in [2.75, 3.05) is 7.11 Å². The van der Waals surface area contributed by atoms with E-state index < -0.39 is 0 Å². The lowest BCUT2D eigenvalue weighted by Crippen LogP contribution is -2.15. The number of nitrogens with zero attached hydrogens (tertiary/aromatic N) is 1. The predicted molar refractivity (Wildman–Crippen MR) is 76.0 cm³/mol. The van der Waals surface area contributed by atoms with Crippen molar-refractivity contribution < 1.29 is 4.74 Å². The molecule has 0 saturated heterocycles. The van der Waals surface area contributed by atoms with Gasteiger partial charge in [-0.15, -0.1) is 0 Å². The average molecular weight is 279 g/mol. The van der Waals surface area contributed by atoms with E-state index in [0.717, 1.165) is 5.56 Å². The van der Waals surface area contributed by atoms with Gasteiger partial charge in [-0.2, -0.15) is 0 Å². The number of aromatic nitrogens is 2. The molecule has 2 aromatic rings. The number of hydrogen-bond acceptors (Lipinski definition) is 3. The highest BCUT2D eigenvalue weighted by Crippen LogP contribution is 2.30. The molecular weight excluding hydrogens is 264 g/mol. The topological polar surface area (TPSA) is 55.0 Å². The van der Waals surface area contributed by atoms with Gasteiger partial charge in [0.25, 0.3) is 5.56 Å². The van der Waals surface area contributed by atoms with Crippen LogP contribution in [0.5, 0.6) is 5.75 Å². The minimum absolute atomic E-state index is 0.115. The summed E-state index contributed by atoms with van der Waals surface area (Å²) in [5.74, 6) is 1.23. The normalized spacial score (nSPS) is 10.5. The molecule has 0 atom stereocenters. The quantitative estimate of drug-likeness (QED) is 0.939. The van der Waals surface area contributed by atoms with Crippen LogP contribution in [0.3, 0.4) is 0 Å². The molecule has 1 aromatic heterocycles. The number of H-pyrrole nitrogens is 1. The second-order valence-electron chi connectivity index (χ2n) is 4.19. The zero-order chi connectivity index (χ0) is 14.0. The maximum absolute atomic E-state index is 11.9. The van der Waals surface area contributed by atoms with E-state index >= 15 is 0 Å². The van der Waals surface area contributed by atoms with Crippen LogP contribution < -0.4 is 10.3 Å². The summed E-state index contributed by atoms with van der Waals surface area (Å²) in [6.07, 6.45) is 0.674. The summed E-state index contributed by atoms with van der Waals surface area (Å²) in [5.41, 5.74) is 1.95. The third-order valence-electron chi connectivity index (χ3n) is 2.96. The first kappa shape index (κ1) is 13.6. The standard InChI is InChI=1S/C14H15ClN2O2/c1-4-12-16-13(8(2)14(18)17-12)9-5-6-10(15)11(7-9)19-3/h5-7H,4H2,1-3H3,(H,16,17,18). The van der Waals surface area contributed by atoms with Crippen molar-refractivity contribution >= 4 is 11.6 Å². The number of hydrogen-bond donors (Lipinski definition) is 1.